The lowest BCUT2D eigenvalue weighted by atomic mass is 10.3. The number of rotatable bonds is 3. The molecular weight excluding hydrogens is 238 g/mol. The van der Waals surface area contributed by atoms with Gasteiger partial charge in [-0.3, -0.25) is 10.1 Å². The van der Waals surface area contributed by atoms with Crippen LogP contribution >= 0.6 is 12.6 Å². The van der Waals surface area contributed by atoms with Gasteiger partial charge < -0.3 is 4.74 Å². The average Bonchev–Trinajstić information content (AvgIpc) is 2.33. The Hall–Kier alpha value is -2.01. The number of nitrogens with zero attached hydrogens (tertiary/aromatic N) is 1. The van der Waals surface area contributed by atoms with E-state index in [1.807, 2.05) is 12.1 Å². The Kier molecular flexibility index (Phi) is 3.30. The van der Waals surface area contributed by atoms with Crippen LogP contribution in [0.3, 0.4) is 0 Å². The fourth-order valence-corrected chi connectivity index (χ4v) is 1.44. The van der Waals surface area contributed by atoms with Crippen molar-refractivity contribution in [3.05, 3.63) is 58.6 Å². The zero-order chi connectivity index (χ0) is 12.3. The topological polar surface area (TPSA) is 52.4 Å². The molecule has 0 aliphatic carbocycles. The monoisotopic (exact) mass is 247 g/mol. The second-order valence-corrected chi connectivity index (χ2v) is 3.86. The van der Waals surface area contributed by atoms with Crippen LogP contribution in [0.15, 0.2) is 53.4 Å². The van der Waals surface area contributed by atoms with E-state index >= 15 is 0 Å². The van der Waals surface area contributed by atoms with Gasteiger partial charge in [0.05, 0.1) is 4.92 Å². The van der Waals surface area contributed by atoms with Crippen LogP contribution in [0.1, 0.15) is 0 Å². The van der Waals surface area contributed by atoms with E-state index in [1.165, 1.54) is 12.1 Å². The van der Waals surface area contributed by atoms with Crippen molar-refractivity contribution >= 4 is 18.3 Å². The molecule has 5 heteroatoms. The number of benzene rings is 2. The number of hydrogen-bond acceptors (Lipinski definition) is 4. The molecule has 2 aromatic rings. The molecular formula is C12H9NO3S. The summed E-state index contributed by atoms with van der Waals surface area (Å²) in [4.78, 5) is 10.9. The van der Waals surface area contributed by atoms with Crippen molar-refractivity contribution in [3.63, 3.8) is 0 Å². The average molecular weight is 247 g/mol. The first kappa shape index (κ1) is 11.5. The lowest BCUT2D eigenvalue weighted by Crippen LogP contribution is -1.88. The van der Waals surface area contributed by atoms with E-state index in [-0.39, 0.29) is 5.69 Å². The summed E-state index contributed by atoms with van der Waals surface area (Å²) < 4.78 is 5.51. The lowest BCUT2D eigenvalue weighted by Gasteiger charge is -2.05. The van der Waals surface area contributed by atoms with Gasteiger partial charge >= 0.3 is 0 Å². The minimum atomic E-state index is -0.445. The molecule has 0 N–H and O–H groups in total. The van der Waals surface area contributed by atoms with Crippen LogP contribution in [0.2, 0.25) is 0 Å². The molecule has 0 amide bonds. The zero-order valence-electron chi connectivity index (χ0n) is 8.74. The highest BCUT2D eigenvalue weighted by Gasteiger charge is 2.04. The van der Waals surface area contributed by atoms with Gasteiger partial charge in [0.1, 0.15) is 11.5 Å². The van der Waals surface area contributed by atoms with Crippen molar-refractivity contribution in [1.29, 1.82) is 0 Å². The largest absolute Gasteiger partial charge is 0.457 e. The maximum atomic E-state index is 10.5. The van der Waals surface area contributed by atoms with E-state index in [0.29, 0.717) is 11.5 Å². The Morgan fingerprint density at radius 3 is 1.88 bits per heavy atom. The van der Waals surface area contributed by atoms with E-state index in [1.54, 1.807) is 24.3 Å². The highest BCUT2D eigenvalue weighted by molar-refractivity contribution is 7.80. The van der Waals surface area contributed by atoms with Gasteiger partial charge in [0, 0.05) is 17.0 Å². The molecule has 0 bridgehead atoms. The Morgan fingerprint density at radius 2 is 1.41 bits per heavy atom. The molecule has 86 valence electrons. The van der Waals surface area contributed by atoms with E-state index in [4.69, 9.17) is 4.74 Å². The number of thiol groups is 1. The van der Waals surface area contributed by atoms with Gasteiger partial charge in [-0.2, -0.15) is 0 Å². The second-order valence-electron chi connectivity index (χ2n) is 3.35. The van der Waals surface area contributed by atoms with Crippen LogP contribution in [0.4, 0.5) is 5.69 Å². The first-order valence-electron chi connectivity index (χ1n) is 4.86. The number of ether oxygens (including phenoxy) is 1. The van der Waals surface area contributed by atoms with Gasteiger partial charge in [0.25, 0.3) is 5.69 Å². The number of hydrogen-bond donors (Lipinski definition) is 1. The van der Waals surface area contributed by atoms with Gasteiger partial charge in [0.2, 0.25) is 0 Å². The van der Waals surface area contributed by atoms with Crippen LogP contribution in [-0.4, -0.2) is 4.92 Å². The summed E-state index contributed by atoms with van der Waals surface area (Å²) in [6.45, 7) is 0. The third-order valence-corrected chi connectivity index (χ3v) is 2.42. The predicted molar refractivity (Wildman–Crippen MR) is 66.9 cm³/mol. The van der Waals surface area contributed by atoms with E-state index in [2.05, 4.69) is 12.6 Å². The summed E-state index contributed by atoms with van der Waals surface area (Å²) in [7, 11) is 0. The minimum absolute atomic E-state index is 0.0445. The molecule has 0 aliphatic rings. The maximum Gasteiger partial charge on any atom is 0.269 e. The van der Waals surface area contributed by atoms with Crippen molar-refractivity contribution in [2.45, 2.75) is 4.90 Å². The molecule has 4 nitrogen and oxygen atoms in total. The summed E-state index contributed by atoms with van der Waals surface area (Å²) in [5, 5.41) is 10.5. The first-order chi connectivity index (χ1) is 8.15. The standard InChI is InChI=1S/C12H9NO3S/c14-13(15)9-1-3-10(4-2-9)16-11-5-7-12(17)8-6-11/h1-8,17H. The summed E-state index contributed by atoms with van der Waals surface area (Å²) in [5.74, 6) is 1.22. The molecule has 0 saturated carbocycles. The van der Waals surface area contributed by atoms with Crippen molar-refractivity contribution in [1.82, 2.24) is 0 Å². The highest BCUT2D eigenvalue weighted by atomic mass is 32.1. The van der Waals surface area contributed by atoms with Crippen molar-refractivity contribution in [2.75, 3.05) is 0 Å². The molecule has 0 unspecified atom stereocenters. The van der Waals surface area contributed by atoms with Crippen LogP contribution in [-0.2, 0) is 0 Å². The third-order valence-electron chi connectivity index (χ3n) is 2.12. The van der Waals surface area contributed by atoms with Gasteiger partial charge in [-0.1, -0.05) is 0 Å². The Bertz CT molecular complexity index is 522. The Morgan fingerprint density at radius 1 is 0.941 bits per heavy atom. The molecule has 0 atom stereocenters. The summed E-state index contributed by atoms with van der Waals surface area (Å²) in [5.41, 5.74) is 0.0445. The zero-order valence-corrected chi connectivity index (χ0v) is 9.63. The Labute approximate surface area is 103 Å². The van der Waals surface area contributed by atoms with Gasteiger partial charge in [0.15, 0.2) is 0 Å². The van der Waals surface area contributed by atoms with E-state index in [9.17, 15) is 10.1 Å². The number of non-ortho nitro benzene ring substituents is 1. The molecule has 0 fully saturated rings. The van der Waals surface area contributed by atoms with Gasteiger partial charge in [-0.15, -0.1) is 12.6 Å². The molecule has 17 heavy (non-hydrogen) atoms. The van der Waals surface area contributed by atoms with Crippen LogP contribution in [0, 0.1) is 10.1 Å². The maximum absolute atomic E-state index is 10.5. The molecule has 0 radical (unpaired) electrons. The number of nitro benzene ring substituents is 1. The SMILES string of the molecule is O=[N+]([O-])c1ccc(Oc2ccc(S)cc2)cc1. The molecule has 0 heterocycles. The third kappa shape index (κ3) is 2.98. The molecule has 0 saturated heterocycles. The normalized spacial score (nSPS) is 9.94. The van der Waals surface area contributed by atoms with Crippen molar-refractivity contribution in [2.24, 2.45) is 0 Å². The summed E-state index contributed by atoms with van der Waals surface area (Å²) >= 11 is 4.16. The van der Waals surface area contributed by atoms with Crippen molar-refractivity contribution < 1.29 is 9.66 Å². The van der Waals surface area contributed by atoms with E-state index in [0.717, 1.165) is 4.90 Å². The second kappa shape index (κ2) is 4.88. The highest BCUT2D eigenvalue weighted by Crippen LogP contribution is 2.24. The van der Waals surface area contributed by atoms with E-state index < -0.39 is 4.92 Å². The smallest absolute Gasteiger partial charge is 0.269 e. The summed E-state index contributed by atoms with van der Waals surface area (Å²) in [6, 6.07) is 13.1. The summed E-state index contributed by atoms with van der Waals surface area (Å²) in [6.07, 6.45) is 0. The van der Waals surface area contributed by atoms with Crippen LogP contribution in [0.5, 0.6) is 11.5 Å². The fourth-order valence-electron chi connectivity index (χ4n) is 1.29. The molecule has 0 aliphatic heterocycles. The lowest BCUT2D eigenvalue weighted by molar-refractivity contribution is -0.384. The quantitative estimate of drug-likeness (QED) is 0.511. The Balaban J connectivity index is 2.13. The minimum Gasteiger partial charge on any atom is -0.457 e. The molecule has 2 rings (SSSR count). The molecule has 0 spiro atoms. The van der Waals surface area contributed by atoms with Crippen LogP contribution in [0.25, 0.3) is 0 Å². The van der Waals surface area contributed by atoms with Crippen molar-refractivity contribution in [3.8, 4) is 11.5 Å². The van der Waals surface area contributed by atoms with Gasteiger partial charge in [-0.05, 0) is 36.4 Å². The number of nitro groups is 1. The molecule has 0 aromatic heterocycles. The molecule has 2 aromatic carbocycles. The fraction of sp³-hybridized carbons (Fsp3) is 0. The predicted octanol–water partition coefficient (Wildman–Crippen LogP) is 3.68. The van der Waals surface area contributed by atoms with Crippen LogP contribution < -0.4 is 4.74 Å². The van der Waals surface area contributed by atoms with Gasteiger partial charge in [-0.25, -0.2) is 0 Å². The first-order valence-corrected chi connectivity index (χ1v) is 5.31.